The molecule has 0 radical (unpaired) electrons. The lowest BCUT2D eigenvalue weighted by Crippen LogP contribution is -2.23. The SMILES string of the molecule is COc1ccc(NC(N)=NCCc2ccc(Cl)cc2)cc1. The van der Waals surface area contributed by atoms with Gasteiger partial charge >= 0.3 is 0 Å². The Hall–Kier alpha value is -2.20. The van der Waals surface area contributed by atoms with Crippen molar-refractivity contribution in [2.24, 2.45) is 10.7 Å². The molecule has 0 unspecified atom stereocenters. The summed E-state index contributed by atoms with van der Waals surface area (Å²) >= 11 is 5.84. The van der Waals surface area contributed by atoms with Gasteiger partial charge in [0.1, 0.15) is 5.75 Å². The van der Waals surface area contributed by atoms with Gasteiger partial charge < -0.3 is 15.8 Å². The normalized spacial score (nSPS) is 11.2. The summed E-state index contributed by atoms with van der Waals surface area (Å²) in [5, 5.41) is 3.78. The number of nitrogens with zero attached hydrogens (tertiary/aromatic N) is 1. The minimum atomic E-state index is 0.397. The largest absolute Gasteiger partial charge is 0.497 e. The zero-order valence-electron chi connectivity index (χ0n) is 11.8. The molecule has 21 heavy (non-hydrogen) atoms. The molecule has 0 bridgehead atoms. The van der Waals surface area contributed by atoms with Gasteiger partial charge in [-0.1, -0.05) is 23.7 Å². The molecule has 0 heterocycles. The van der Waals surface area contributed by atoms with E-state index in [2.05, 4.69) is 10.3 Å². The van der Waals surface area contributed by atoms with Crippen LogP contribution in [0, 0.1) is 0 Å². The highest BCUT2D eigenvalue weighted by Crippen LogP contribution is 2.14. The molecule has 0 aliphatic carbocycles. The maximum absolute atomic E-state index is 5.85. The van der Waals surface area contributed by atoms with Gasteiger partial charge in [-0.15, -0.1) is 0 Å². The van der Waals surface area contributed by atoms with Gasteiger partial charge in [0.05, 0.1) is 7.11 Å². The van der Waals surface area contributed by atoms with E-state index in [1.165, 1.54) is 5.56 Å². The van der Waals surface area contributed by atoms with Crippen molar-refractivity contribution in [3.63, 3.8) is 0 Å². The molecule has 0 aromatic heterocycles. The average Bonchev–Trinajstić information content (AvgIpc) is 2.50. The summed E-state index contributed by atoms with van der Waals surface area (Å²) in [7, 11) is 1.63. The van der Waals surface area contributed by atoms with Crippen LogP contribution in [0.1, 0.15) is 5.56 Å². The lowest BCUT2D eigenvalue weighted by molar-refractivity contribution is 0.415. The molecule has 2 aromatic rings. The number of ether oxygens (including phenoxy) is 1. The van der Waals surface area contributed by atoms with Crippen LogP contribution in [0.3, 0.4) is 0 Å². The van der Waals surface area contributed by atoms with Crippen LogP contribution in [0.4, 0.5) is 5.69 Å². The number of nitrogens with two attached hydrogens (primary N) is 1. The molecule has 0 atom stereocenters. The van der Waals surface area contributed by atoms with Crippen LogP contribution in [0.5, 0.6) is 5.75 Å². The van der Waals surface area contributed by atoms with E-state index in [1.54, 1.807) is 7.11 Å². The second-order valence-electron chi connectivity index (χ2n) is 4.50. The average molecular weight is 304 g/mol. The van der Waals surface area contributed by atoms with Crippen molar-refractivity contribution in [1.29, 1.82) is 0 Å². The number of rotatable bonds is 5. The Labute approximate surface area is 129 Å². The highest BCUT2D eigenvalue weighted by atomic mass is 35.5. The van der Waals surface area contributed by atoms with Gasteiger partial charge in [0.25, 0.3) is 0 Å². The lowest BCUT2D eigenvalue weighted by Gasteiger charge is -2.06. The highest BCUT2D eigenvalue weighted by Gasteiger charge is 1.97. The first-order valence-corrected chi connectivity index (χ1v) is 7.00. The van der Waals surface area contributed by atoms with Crippen molar-refractivity contribution < 1.29 is 4.74 Å². The number of anilines is 1. The predicted molar refractivity (Wildman–Crippen MR) is 88.3 cm³/mol. The fourth-order valence-corrected chi connectivity index (χ4v) is 1.94. The third-order valence-electron chi connectivity index (χ3n) is 2.96. The molecule has 0 fully saturated rings. The minimum Gasteiger partial charge on any atom is -0.497 e. The molecule has 0 amide bonds. The summed E-state index contributed by atoms with van der Waals surface area (Å²) in [4.78, 5) is 4.30. The fourth-order valence-electron chi connectivity index (χ4n) is 1.82. The Morgan fingerprint density at radius 2 is 1.81 bits per heavy atom. The van der Waals surface area contributed by atoms with Gasteiger partial charge in [-0.2, -0.15) is 0 Å². The van der Waals surface area contributed by atoms with Crippen molar-refractivity contribution in [3.8, 4) is 5.75 Å². The molecular weight excluding hydrogens is 286 g/mol. The predicted octanol–water partition coefficient (Wildman–Crippen LogP) is 3.32. The minimum absolute atomic E-state index is 0.397. The second kappa shape index (κ2) is 7.55. The monoisotopic (exact) mass is 303 g/mol. The first kappa shape index (κ1) is 15.2. The molecule has 0 saturated carbocycles. The maximum atomic E-state index is 5.85. The van der Waals surface area contributed by atoms with E-state index in [1.807, 2.05) is 48.5 Å². The molecule has 2 rings (SSSR count). The summed E-state index contributed by atoms with van der Waals surface area (Å²) in [6, 6.07) is 15.2. The molecule has 5 heteroatoms. The quantitative estimate of drug-likeness (QED) is 0.658. The van der Waals surface area contributed by atoms with Crippen molar-refractivity contribution in [1.82, 2.24) is 0 Å². The van der Waals surface area contributed by atoms with Crippen molar-refractivity contribution in [2.45, 2.75) is 6.42 Å². The lowest BCUT2D eigenvalue weighted by atomic mass is 10.1. The molecule has 3 N–H and O–H groups in total. The number of aliphatic imine (C=N–C) groups is 1. The number of hydrogen-bond donors (Lipinski definition) is 2. The van der Waals surface area contributed by atoms with Gasteiger partial charge in [0.2, 0.25) is 0 Å². The van der Waals surface area contributed by atoms with Crippen LogP contribution >= 0.6 is 11.6 Å². The number of methoxy groups -OCH3 is 1. The number of nitrogens with one attached hydrogen (secondary N) is 1. The summed E-state index contributed by atoms with van der Waals surface area (Å²) in [5.41, 5.74) is 7.91. The smallest absolute Gasteiger partial charge is 0.193 e. The van der Waals surface area contributed by atoms with Crippen LogP contribution in [-0.2, 0) is 6.42 Å². The Balaban J connectivity index is 1.84. The third kappa shape index (κ3) is 5.00. The van der Waals surface area contributed by atoms with E-state index in [4.69, 9.17) is 22.1 Å². The zero-order chi connectivity index (χ0) is 15.1. The van der Waals surface area contributed by atoms with E-state index in [0.717, 1.165) is 22.9 Å². The van der Waals surface area contributed by atoms with Crippen LogP contribution in [0.15, 0.2) is 53.5 Å². The van der Waals surface area contributed by atoms with Gasteiger partial charge in [-0.25, -0.2) is 0 Å². The summed E-state index contributed by atoms with van der Waals surface area (Å²) in [5.74, 6) is 1.20. The number of benzene rings is 2. The van der Waals surface area contributed by atoms with Crippen LogP contribution < -0.4 is 15.8 Å². The Morgan fingerprint density at radius 3 is 2.43 bits per heavy atom. The summed E-state index contributed by atoms with van der Waals surface area (Å²) in [6.45, 7) is 0.622. The number of hydrogen-bond acceptors (Lipinski definition) is 2. The summed E-state index contributed by atoms with van der Waals surface area (Å²) in [6.07, 6.45) is 0.822. The summed E-state index contributed by atoms with van der Waals surface area (Å²) < 4.78 is 5.10. The van der Waals surface area contributed by atoms with Crippen LogP contribution in [-0.4, -0.2) is 19.6 Å². The number of guanidine groups is 1. The van der Waals surface area contributed by atoms with Gasteiger partial charge in [-0.3, -0.25) is 4.99 Å². The standard InChI is InChI=1S/C16H18ClN3O/c1-21-15-8-6-14(7-9-15)20-16(18)19-11-10-12-2-4-13(17)5-3-12/h2-9H,10-11H2,1H3,(H3,18,19,20). The molecular formula is C16H18ClN3O. The van der Waals surface area contributed by atoms with Crippen LogP contribution in [0.25, 0.3) is 0 Å². The van der Waals surface area contributed by atoms with Gasteiger partial charge in [0.15, 0.2) is 5.96 Å². The molecule has 0 aliphatic heterocycles. The molecule has 0 saturated heterocycles. The number of halogens is 1. The molecule has 0 aliphatic rings. The molecule has 110 valence electrons. The first-order valence-electron chi connectivity index (χ1n) is 6.63. The zero-order valence-corrected chi connectivity index (χ0v) is 12.6. The van der Waals surface area contributed by atoms with Crippen molar-refractivity contribution >= 4 is 23.2 Å². The maximum Gasteiger partial charge on any atom is 0.193 e. The molecule has 0 spiro atoms. The van der Waals surface area contributed by atoms with E-state index >= 15 is 0 Å². The fraction of sp³-hybridized carbons (Fsp3) is 0.188. The van der Waals surface area contributed by atoms with E-state index in [9.17, 15) is 0 Å². The van der Waals surface area contributed by atoms with E-state index < -0.39 is 0 Å². The Kier molecular flexibility index (Phi) is 5.46. The highest BCUT2D eigenvalue weighted by molar-refractivity contribution is 6.30. The third-order valence-corrected chi connectivity index (χ3v) is 3.21. The second-order valence-corrected chi connectivity index (χ2v) is 4.93. The van der Waals surface area contributed by atoms with Gasteiger partial charge in [0, 0.05) is 17.3 Å². The topological polar surface area (TPSA) is 59.6 Å². The Morgan fingerprint density at radius 1 is 1.14 bits per heavy atom. The molecule has 4 nitrogen and oxygen atoms in total. The van der Waals surface area contributed by atoms with Gasteiger partial charge in [-0.05, 0) is 48.4 Å². The van der Waals surface area contributed by atoms with Crippen molar-refractivity contribution in [3.05, 3.63) is 59.1 Å². The first-order chi connectivity index (χ1) is 10.2. The van der Waals surface area contributed by atoms with Crippen molar-refractivity contribution in [2.75, 3.05) is 19.0 Å². The van der Waals surface area contributed by atoms with Crippen LogP contribution in [0.2, 0.25) is 5.02 Å². The Bertz CT molecular complexity index is 594. The van der Waals surface area contributed by atoms with E-state index in [-0.39, 0.29) is 0 Å². The van der Waals surface area contributed by atoms with E-state index in [0.29, 0.717) is 12.5 Å². The molecule has 2 aromatic carbocycles.